The Morgan fingerprint density at radius 2 is 1.17 bits per heavy atom. The number of hydrogen-bond donors (Lipinski definition) is 0. The third-order valence-corrected chi connectivity index (χ3v) is 13.4. The highest BCUT2D eigenvalue weighted by Gasteiger charge is 2.46. The number of thiophene rings is 1. The van der Waals surface area contributed by atoms with Gasteiger partial charge >= 0.3 is 0 Å². The van der Waals surface area contributed by atoms with E-state index in [1.165, 1.54) is 33.5 Å². The van der Waals surface area contributed by atoms with Crippen LogP contribution in [-0.2, 0) is 16.0 Å². The second-order valence-corrected chi connectivity index (χ2v) is 14.3. The molecule has 30 heavy (non-hydrogen) atoms. The molecule has 0 bridgehead atoms. The molecule has 0 atom stereocenters. The molecule has 0 fully saturated rings. The topological polar surface area (TPSA) is 34.1 Å². The van der Waals surface area contributed by atoms with E-state index in [-0.39, 0.29) is 0 Å². The third kappa shape index (κ3) is 4.04. The quantitative estimate of drug-likeness (QED) is 0.322. The van der Waals surface area contributed by atoms with Crippen molar-refractivity contribution in [2.24, 2.45) is 0 Å². The molecule has 3 aromatic carbocycles. The van der Waals surface area contributed by atoms with Crippen molar-refractivity contribution < 1.29 is 8.42 Å². The summed E-state index contributed by atoms with van der Waals surface area (Å²) >= 11 is 5.12. The molecule has 0 aliphatic heterocycles. The molecule has 1 aromatic heterocycles. The molecule has 0 saturated carbocycles. The van der Waals surface area contributed by atoms with Crippen LogP contribution < -0.4 is 15.9 Å². The number of hydrogen-bond acceptors (Lipinski definition) is 3. The monoisotopic (exact) mass is 515 g/mol. The second kappa shape index (κ2) is 8.76. The first kappa shape index (κ1) is 21.5. The molecular weight excluding hydrogens is 495 g/mol. The molecule has 0 saturated heterocycles. The first-order valence-corrected chi connectivity index (χ1v) is 15.0. The summed E-state index contributed by atoms with van der Waals surface area (Å²) in [7, 11) is -5.34. The van der Waals surface area contributed by atoms with Gasteiger partial charge in [0.25, 0.3) is 0 Å². The normalized spacial score (nSPS) is 12.1. The van der Waals surface area contributed by atoms with Crippen molar-refractivity contribution in [1.29, 1.82) is 0 Å². The molecule has 0 aliphatic rings. The van der Waals surface area contributed by atoms with Gasteiger partial charge in [0, 0.05) is 11.6 Å². The zero-order valence-corrected chi connectivity index (χ0v) is 20.5. The van der Waals surface area contributed by atoms with Crippen molar-refractivity contribution in [3.05, 3.63) is 106 Å². The summed E-state index contributed by atoms with van der Waals surface area (Å²) in [6, 6.07) is 31.8. The predicted octanol–water partition coefficient (Wildman–Crippen LogP) is 5.41. The molecule has 0 aliphatic carbocycles. The Balaban J connectivity index is 2.00. The number of sulfone groups is 1. The van der Waals surface area contributed by atoms with Gasteiger partial charge in [-0.25, -0.2) is 8.42 Å². The van der Waals surface area contributed by atoms with E-state index in [2.05, 4.69) is 88.7 Å². The minimum absolute atomic E-state index is 0.370. The van der Waals surface area contributed by atoms with E-state index >= 15 is 0 Å². The maximum absolute atomic E-state index is 12.2. The van der Waals surface area contributed by atoms with Gasteiger partial charge in [0.1, 0.15) is 29.3 Å². The van der Waals surface area contributed by atoms with Crippen LogP contribution in [0.5, 0.6) is 0 Å². The summed E-state index contributed by atoms with van der Waals surface area (Å²) in [6.07, 6.45) is 2.02. The summed E-state index contributed by atoms with van der Waals surface area (Å²) in [6.45, 7) is 0. The Bertz CT molecular complexity index is 1140. The first-order chi connectivity index (χ1) is 14.4. The highest BCUT2D eigenvalue weighted by atomic mass is 79.9. The van der Waals surface area contributed by atoms with Gasteiger partial charge in [-0.1, -0.05) is 54.6 Å². The smallest absolute Gasteiger partial charge is 0.177 e. The minimum atomic E-state index is -3.29. The second-order valence-electron chi connectivity index (χ2n) is 7.08. The lowest BCUT2D eigenvalue weighted by atomic mass is 10.4. The Hall–Kier alpha value is -1.78. The van der Waals surface area contributed by atoms with Gasteiger partial charge in [-0.3, -0.25) is 0 Å². The van der Waals surface area contributed by atoms with Gasteiger partial charge in [-0.05, 0) is 52.3 Å². The van der Waals surface area contributed by atoms with Crippen LogP contribution in [0.3, 0.4) is 0 Å². The molecule has 0 amide bonds. The van der Waals surface area contributed by atoms with Crippen LogP contribution in [0, 0.1) is 0 Å². The van der Waals surface area contributed by atoms with E-state index in [1.54, 1.807) is 5.38 Å². The van der Waals surface area contributed by atoms with Crippen LogP contribution in [0.25, 0.3) is 0 Å². The van der Waals surface area contributed by atoms with Crippen molar-refractivity contribution in [2.45, 2.75) is 11.1 Å². The molecule has 4 rings (SSSR count). The molecule has 4 aromatic rings. The van der Waals surface area contributed by atoms with Gasteiger partial charge in [-0.15, -0.1) is 11.3 Å². The third-order valence-electron chi connectivity index (χ3n) is 5.14. The SMILES string of the molecule is CS(=O)(=O)c1csc(C[P+](c2ccccc2)(c2ccccc2)c2ccccc2)c1Br. The highest BCUT2D eigenvalue weighted by Crippen LogP contribution is 2.59. The molecule has 0 spiro atoms. The fourth-order valence-corrected chi connectivity index (χ4v) is 12.4. The molecular formula is C24H21BrO2PS2+. The van der Waals surface area contributed by atoms with Gasteiger partial charge < -0.3 is 0 Å². The van der Waals surface area contributed by atoms with Crippen molar-refractivity contribution in [3.8, 4) is 0 Å². The summed E-state index contributed by atoms with van der Waals surface area (Å²) in [4.78, 5) is 1.43. The van der Waals surface area contributed by atoms with Crippen LogP contribution in [0.4, 0.5) is 0 Å². The molecule has 6 heteroatoms. The van der Waals surface area contributed by atoms with Crippen molar-refractivity contribution >= 4 is 60.3 Å². The number of halogens is 1. The van der Waals surface area contributed by atoms with Crippen molar-refractivity contribution in [1.82, 2.24) is 0 Å². The maximum Gasteiger partial charge on any atom is 0.177 e. The standard InChI is InChI=1S/C24H21BrO2PS2/c1-30(26,27)23-18-29-22(24(23)25)17-28(19-11-5-2-6-12-19,20-13-7-3-8-14-20)21-15-9-4-10-16-21/h2-16,18H,17H2,1H3/q+1. The Morgan fingerprint density at radius 3 is 1.50 bits per heavy atom. The summed E-state index contributed by atoms with van der Waals surface area (Å²) in [5, 5.41) is 5.60. The van der Waals surface area contributed by atoms with Crippen LogP contribution in [0.1, 0.15) is 4.88 Å². The number of rotatable bonds is 6. The van der Waals surface area contributed by atoms with E-state index < -0.39 is 17.1 Å². The fraction of sp³-hybridized carbons (Fsp3) is 0.0833. The van der Waals surface area contributed by atoms with Crippen LogP contribution in [0.15, 0.2) is 106 Å². The summed E-state index contributed by atoms with van der Waals surface area (Å²) in [5.74, 6) is 0. The van der Waals surface area contributed by atoms with E-state index in [4.69, 9.17) is 0 Å². The van der Waals surface area contributed by atoms with Crippen LogP contribution in [-0.4, -0.2) is 14.7 Å². The Labute approximate surface area is 191 Å². The lowest BCUT2D eigenvalue weighted by molar-refractivity contribution is 0.602. The first-order valence-electron chi connectivity index (χ1n) is 9.44. The Kier molecular flexibility index (Phi) is 6.26. The zero-order valence-electron chi connectivity index (χ0n) is 16.4. The minimum Gasteiger partial charge on any atom is -0.224 e. The van der Waals surface area contributed by atoms with Crippen LogP contribution in [0.2, 0.25) is 0 Å². The molecule has 152 valence electrons. The maximum atomic E-state index is 12.2. The van der Waals surface area contributed by atoms with E-state index in [9.17, 15) is 8.42 Å². The molecule has 2 nitrogen and oxygen atoms in total. The van der Waals surface area contributed by atoms with E-state index in [0.29, 0.717) is 9.37 Å². The highest BCUT2D eigenvalue weighted by molar-refractivity contribution is 9.10. The molecule has 1 heterocycles. The Morgan fingerprint density at radius 1 is 0.767 bits per heavy atom. The lowest BCUT2D eigenvalue weighted by Gasteiger charge is -2.27. The van der Waals surface area contributed by atoms with E-state index in [1.807, 2.05) is 18.2 Å². The fourth-order valence-electron chi connectivity index (χ4n) is 3.71. The van der Waals surface area contributed by atoms with Gasteiger partial charge in [-0.2, -0.15) is 0 Å². The largest absolute Gasteiger partial charge is 0.224 e. The van der Waals surface area contributed by atoms with Gasteiger partial charge in [0.15, 0.2) is 9.84 Å². The van der Waals surface area contributed by atoms with Crippen LogP contribution >= 0.6 is 34.5 Å². The summed E-state index contributed by atoms with van der Waals surface area (Å²) < 4.78 is 25.2. The van der Waals surface area contributed by atoms with Crippen molar-refractivity contribution in [3.63, 3.8) is 0 Å². The molecule has 0 radical (unpaired) electrons. The number of benzene rings is 3. The van der Waals surface area contributed by atoms with Crippen molar-refractivity contribution in [2.75, 3.05) is 6.26 Å². The molecule has 0 N–H and O–H groups in total. The average molecular weight is 516 g/mol. The van der Waals surface area contributed by atoms with Gasteiger partial charge in [0.2, 0.25) is 0 Å². The lowest BCUT2D eigenvalue weighted by Crippen LogP contribution is -2.32. The van der Waals surface area contributed by atoms with Gasteiger partial charge in [0.05, 0.1) is 14.2 Å². The predicted molar refractivity (Wildman–Crippen MR) is 134 cm³/mol. The summed E-state index contributed by atoms with van der Waals surface area (Å²) in [5.41, 5.74) is 0. The average Bonchev–Trinajstić information content (AvgIpc) is 3.14. The zero-order chi connectivity index (χ0) is 21.2. The van der Waals surface area contributed by atoms with E-state index in [0.717, 1.165) is 11.0 Å². The molecule has 0 unspecified atom stereocenters.